The molecular weight excluding hydrogens is 2210 g/mol. The minimum Gasteiger partial charge on any atom is -0.468 e. The minimum absolute atomic E-state index is 0.0153. The summed E-state index contributed by atoms with van der Waals surface area (Å²) < 4.78 is 83.9. The van der Waals surface area contributed by atoms with E-state index in [0.717, 1.165) is 5.56 Å². The zero-order chi connectivity index (χ0) is 107. The van der Waals surface area contributed by atoms with Gasteiger partial charge in [-0.15, -0.1) is 45.3 Å². The van der Waals surface area contributed by atoms with Crippen LogP contribution in [0.4, 0.5) is 8.78 Å². The van der Waals surface area contributed by atoms with Crippen molar-refractivity contribution in [3.8, 4) is 0 Å². The fourth-order valence-corrected chi connectivity index (χ4v) is 21.7. The first-order valence-electron chi connectivity index (χ1n) is 47.4. The summed E-state index contributed by atoms with van der Waals surface area (Å²) in [7, 11) is 2.67. The number of amidine groups is 4. The van der Waals surface area contributed by atoms with Crippen molar-refractivity contribution in [1.82, 2.24) is 71.4 Å². The largest absolute Gasteiger partial charge is 0.468 e. The summed E-state index contributed by atoms with van der Waals surface area (Å²) in [5, 5.41) is 30.5. The molecule has 0 spiro atoms. The molecule has 12 heterocycles. The predicted octanol–water partition coefficient (Wildman–Crippen LogP) is 14.4. The molecule has 8 atom stereocenters. The lowest BCUT2D eigenvalue weighted by atomic mass is 9.94. The van der Waals surface area contributed by atoms with Crippen molar-refractivity contribution in [2.75, 3.05) is 133 Å². The van der Waals surface area contributed by atoms with Crippen molar-refractivity contribution >= 4 is 195 Å². The monoisotopic (exact) mass is 2320 g/mol. The average molecular weight is 2320 g/mol. The van der Waals surface area contributed by atoms with E-state index in [9.17, 15) is 47.1 Å². The number of carbonyl (C=O) groups excluding carboxylic acids is 8. The summed E-state index contributed by atoms with van der Waals surface area (Å²) >= 11 is 38.0. The first kappa shape index (κ1) is 115. The van der Waals surface area contributed by atoms with Crippen LogP contribution in [-0.4, -0.2) is 291 Å². The van der Waals surface area contributed by atoms with Crippen molar-refractivity contribution < 1.29 is 94.5 Å². The van der Waals surface area contributed by atoms with Gasteiger partial charge in [0.15, 0.2) is 43.4 Å². The fourth-order valence-electron chi connectivity index (χ4n) is 17.1. The van der Waals surface area contributed by atoms with Gasteiger partial charge in [-0.2, -0.15) is 0 Å². The van der Waals surface area contributed by atoms with Crippen LogP contribution in [-0.2, 0) is 85.7 Å². The van der Waals surface area contributed by atoms with Crippen LogP contribution in [0.5, 0.6) is 0 Å². The molecule has 16 rings (SSSR count). The number of methoxy groups -OCH3 is 2. The van der Waals surface area contributed by atoms with Gasteiger partial charge < -0.3 is 79.3 Å². The number of aromatic nitrogens is 4. The zero-order valence-corrected chi connectivity index (χ0v) is 92.9. The van der Waals surface area contributed by atoms with Crippen molar-refractivity contribution in [3.05, 3.63) is 247 Å². The number of amides is 2. The van der Waals surface area contributed by atoms with Crippen LogP contribution < -0.4 is 31.9 Å². The normalized spacial score (nSPS) is 21.1. The van der Waals surface area contributed by atoms with E-state index in [2.05, 4.69) is 83.7 Å². The molecule has 8 unspecified atom stereocenters. The number of benzene rings is 4. The van der Waals surface area contributed by atoms with E-state index < -0.39 is 107 Å². The standard InChI is InChI=1S/C25H28BrClN4O5S.C25H29BrFN5O4S.C25H29Cl2N5O4S.C25H28ClFN4O5S/c1-5-35-24(33)19-17(11-31-13-25(2,3)36-12-18(31)23(32)34-4)29-21(22-28-8-9-37-22)30-20(19)15-7-6-14(27)10-16(15)26;1-4-36-25(34)20-18(12-32-8-9-35-13-19(32)23(33)29-14(2)3)30-22(24-28-7-10-37-24)31-21(20)16-6-5-15(27)11-17(16)26;1-4-36-25(34)20-18(12-32-8-9-35-13-19(32)23(33)29-14(2)3)30-22(24-28-7-10-37-24)31-21(20)16-6-5-15(26)11-17(16)27;1-5-35-24(33)19-17(11-31-13-25(2,3)36-12-18(31)23(32)34-4)29-21(22-28-8-9-37-22)30-20(19)15-7-6-14(27)10-16(15)26/h6-10,18,20H,5,11-13H2,1-4H3,(H,29,30);2*5-7,10-11,14,19,21H,4,8-9,12-13H2,1-3H3,(H,29,33)(H,30,31);6-10,18,20H,5,11-13H2,1-4H3,(H,29,30). The van der Waals surface area contributed by atoms with Crippen LogP contribution in [0.1, 0.15) is 150 Å². The maximum absolute atomic E-state index is 13.9. The molecule has 0 bridgehead atoms. The number of nitrogens with one attached hydrogen (secondary N) is 6. The Balaban J connectivity index is 0.000000165. The molecule has 148 heavy (non-hydrogen) atoms. The SMILES string of the molecule is CCOC(=O)C1=C(CN2CC(C)(C)OCC2C(=O)OC)NC(c2nccs2)=NC1c1ccc(Cl)cc1Br.CCOC(=O)C1=C(CN2CC(C)(C)OCC2C(=O)OC)NC(c2nccs2)=NC1c1ccc(F)cc1Cl.CCOC(=O)C1=C(CN2CCOCC2C(=O)NC(C)C)NC(c2nccs2)=NC1c1ccc(Cl)cc1Cl.CCOC(=O)C1=C(CN2CCOCC2C(=O)NC(C)C)NC(c2nccs2)=NC1c1ccc(F)cc1Br. The van der Waals surface area contributed by atoms with Gasteiger partial charge in [0.1, 0.15) is 60.0 Å². The summed E-state index contributed by atoms with van der Waals surface area (Å²) in [5.74, 6) is -2.27. The second-order valence-corrected chi connectivity index (χ2v) is 42.9. The first-order chi connectivity index (χ1) is 70.8. The molecule has 36 nitrogen and oxygen atoms in total. The lowest BCUT2D eigenvalue weighted by Gasteiger charge is -2.43. The number of thiazole rings is 4. The Bertz CT molecular complexity index is 6010. The molecular formula is C100H114Br2Cl4F2N18O18S4. The lowest BCUT2D eigenvalue weighted by molar-refractivity contribution is -0.165. The molecule has 8 aromatic rings. The summed E-state index contributed by atoms with van der Waals surface area (Å²) in [5.41, 5.74) is 4.66. The maximum atomic E-state index is 13.9. The molecule has 4 fully saturated rings. The highest BCUT2D eigenvalue weighted by Crippen LogP contribution is 2.44. The maximum Gasteiger partial charge on any atom is 0.338 e. The number of halogens is 8. The Morgan fingerprint density at radius 2 is 0.736 bits per heavy atom. The zero-order valence-electron chi connectivity index (χ0n) is 83.4. The summed E-state index contributed by atoms with van der Waals surface area (Å²) in [6.45, 7) is 27.4. The molecule has 0 saturated carbocycles. The van der Waals surface area contributed by atoms with E-state index in [0.29, 0.717) is 163 Å². The van der Waals surface area contributed by atoms with Crippen LogP contribution in [0.3, 0.4) is 0 Å². The fraction of sp³-hybridized carbons (Fsp3) is 0.440. The van der Waals surface area contributed by atoms with Gasteiger partial charge in [0.05, 0.1) is 114 Å². The first-order valence-corrected chi connectivity index (χ1v) is 54.0. The van der Waals surface area contributed by atoms with Crippen molar-refractivity contribution in [2.45, 2.75) is 155 Å². The lowest BCUT2D eigenvalue weighted by Crippen LogP contribution is -2.58. The molecule has 8 aliphatic heterocycles. The predicted molar refractivity (Wildman–Crippen MR) is 568 cm³/mol. The molecule has 4 aromatic heterocycles. The molecule has 48 heteroatoms. The number of hydrogen-bond acceptors (Lipinski definition) is 38. The van der Waals surface area contributed by atoms with E-state index in [1.54, 1.807) is 94.3 Å². The van der Waals surface area contributed by atoms with Crippen LogP contribution in [0.25, 0.3) is 0 Å². The van der Waals surface area contributed by atoms with Crippen LogP contribution in [0.15, 0.2) is 193 Å². The van der Waals surface area contributed by atoms with Crippen molar-refractivity contribution in [2.24, 2.45) is 20.0 Å². The minimum atomic E-state index is -0.895. The summed E-state index contributed by atoms with van der Waals surface area (Å²) in [4.78, 5) is 149. The van der Waals surface area contributed by atoms with Gasteiger partial charge in [-0.05, 0) is 143 Å². The van der Waals surface area contributed by atoms with Crippen molar-refractivity contribution in [3.63, 3.8) is 0 Å². The average Bonchev–Trinajstić information content (AvgIpc) is 1.90. The highest BCUT2D eigenvalue weighted by Gasteiger charge is 2.47. The Morgan fingerprint density at radius 3 is 1.04 bits per heavy atom. The van der Waals surface area contributed by atoms with Gasteiger partial charge in [0.25, 0.3) is 0 Å². The van der Waals surface area contributed by atoms with Gasteiger partial charge in [-0.25, -0.2) is 47.9 Å². The quantitative estimate of drug-likeness (QED) is 0.0180. The highest BCUT2D eigenvalue weighted by molar-refractivity contribution is 9.10. The number of esters is 6. The van der Waals surface area contributed by atoms with E-state index in [1.807, 2.05) is 97.2 Å². The third kappa shape index (κ3) is 29.3. The van der Waals surface area contributed by atoms with Gasteiger partial charge >= 0.3 is 35.8 Å². The van der Waals surface area contributed by atoms with Gasteiger partial charge in [0, 0.05) is 174 Å². The summed E-state index contributed by atoms with van der Waals surface area (Å²) in [6, 6.07) is 13.1. The molecule has 4 saturated heterocycles. The molecule has 0 aliphatic carbocycles. The summed E-state index contributed by atoms with van der Waals surface area (Å²) in [6.07, 6.45) is 6.70. The van der Waals surface area contributed by atoms with Crippen molar-refractivity contribution in [1.29, 1.82) is 0 Å². The third-order valence-electron chi connectivity index (χ3n) is 23.7. The van der Waals surface area contributed by atoms with Gasteiger partial charge in [-0.1, -0.05) is 103 Å². The second-order valence-electron chi connectivity index (χ2n) is 36.0. The van der Waals surface area contributed by atoms with E-state index in [1.165, 1.54) is 89.9 Å². The Labute approximate surface area is 907 Å². The number of rotatable bonds is 30. The van der Waals surface area contributed by atoms with Gasteiger partial charge in [0.2, 0.25) is 11.8 Å². The molecule has 0 radical (unpaired) electrons. The highest BCUT2D eigenvalue weighted by atomic mass is 79.9. The topological polar surface area (TPSA) is 415 Å². The Hall–Kier alpha value is -10.3. The second kappa shape index (κ2) is 53.1. The molecule has 792 valence electrons. The number of morpholine rings is 4. The van der Waals surface area contributed by atoms with Crippen LogP contribution in [0.2, 0.25) is 20.1 Å². The number of ether oxygens (including phenoxy) is 10. The van der Waals surface area contributed by atoms with E-state index in [4.69, 9.17) is 114 Å². The molecule has 6 N–H and O–H groups in total. The molecule has 2 amide bonds. The smallest absolute Gasteiger partial charge is 0.338 e. The third-order valence-corrected chi connectivity index (χ3v) is 29.3. The molecule has 4 aromatic carbocycles. The number of hydrogen-bond donors (Lipinski definition) is 6. The van der Waals surface area contributed by atoms with E-state index >= 15 is 0 Å². The van der Waals surface area contributed by atoms with Crippen LogP contribution in [0, 0.1) is 11.6 Å². The number of aliphatic imine (C=N–C) groups is 4. The number of carbonyl (C=O) groups is 8. The van der Waals surface area contributed by atoms with Gasteiger partial charge in [-0.3, -0.25) is 58.7 Å². The van der Waals surface area contributed by atoms with E-state index in [-0.39, 0.29) is 114 Å². The molecule has 8 aliphatic rings. The Morgan fingerprint density at radius 1 is 0.432 bits per heavy atom. The Kier molecular flexibility index (Phi) is 41.2. The van der Waals surface area contributed by atoms with Crippen LogP contribution >= 0.6 is 124 Å². The number of nitrogens with zero attached hydrogens (tertiary/aromatic N) is 12.